The Kier molecular flexibility index (Phi) is 4.97. The van der Waals surface area contributed by atoms with Crippen molar-refractivity contribution >= 4 is 17.5 Å². The largest absolute Gasteiger partial charge is 0.356 e. The Morgan fingerprint density at radius 1 is 0.852 bits per heavy atom. The first kappa shape index (κ1) is 17.8. The Labute approximate surface area is 160 Å². The smallest absolute Gasteiger partial charge is 0.254 e. The summed E-state index contributed by atoms with van der Waals surface area (Å²) in [4.78, 5) is 28.7. The fraction of sp³-hybridized carbons (Fsp3) is 0.476. The number of aryl methyl sites for hydroxylation is 2. The Bertz CT molecular complexity index is 823. The van der Waals surface area contributed by atoms with Crippen LogP contribution in [-0.4, -0.2) is 60.0 Å². The number of carbonyl (C=O) groups is 1. The predicted molar refractivity (Wildman–Crippen MR) is 108 cm³/mol. The number of piperazine rings is 1. The van der Waals surface area contributed by atoms with Crippen LogP contribution in [0.25, 0.3) is 0 Å². The molecule has 1 aromatic heterocycles. The van der Waals surface area contributed by atoms with E-state index >= 15 is 0 Å². The second-order valence-electron chi connectivity index (χ2n) is 7.42. The minimum absolute atomic E-state index is 0.129. The highest BCUT2D eigenvalue weighted by Crippen LogP contribution is 2.24. The third-order valence-corrected chi connectivity index (χ3v) is 5.51. The van der Waals surface area contributed by atoms with Gasteiger partial charge in [0.05, 0.1) is 0 Å². The average molecular weight is 365 g/mol. The van der Waals surface area contributed by atoms with E-state index in [1.165, 1.54) is 12.8 Å². The molecule has 2 saturated heterocycles. The van der Waals surface area contributed by atoms with Crippen LogP contribution >= 0.6 is 0 Å². The number of benzene rings is 1. The topological polar surface area (TPSA) is 52.6 Å². The summed E-state index contributed by atoms with van der Waals surface area (Å²) in [5, 5.41) is 0. The number of rotatable bonds is 3. The lowest BCUT2D eigenvalue weighted by Crippen LogP contribution is -2.49. The Hall–Kier alpha value is -2.63. The van der Waals surface area contributed by atoms with Gasteiger partial charge in [0.1, 0.15) is 17.5 Å². The maximum Gasteiger partial charge on any atom is 0.254 e. The molecule has 1 aromatic carbocycles. The van der Waals surface area contributed by atoms with Gasteiger partial charge in [-0.2, -0.15) is 0 Å². The van der Waals surface area contributed by atoms with Crippen molar-refractivity contribution in [2.75, 3.05) is 49.1 Å². The SMILES string of the molecule is Cc1nc(N2CCCC2)cc(N2CCN(C(=O)c3ccccc3C)CC2)n1. The fourth-order valence-corrected chi connectivity index (χ4v) is 3.93. The van der Waals surface area contributed by atoms with Crippen molar-refractivity contribution in [1.29, 1.82) is 0 Å². The Morgan fingerprint density at radius 3 is 2.07 bits per heavy atom. The van der Waals surface area contributed by atoms with Crippen molar-refractivity contribution in [3.8, 4) is 0 Å². The van der Waals surface area contributed by atoms with E-state index in [9.17, 15) is 4.79 Å². The highest BCUT2D eigenvalue weighted by atomic mass is 16.2. The summed E-state index contributed by atoms with van der Waals surface area (Å²) in [6.45, 7) is 9.14. The fourth-order valence-electron chi connectivity index (χ4n) is 3.93. The van der Waals surface area contributed by atoms with Crippen LogP contribution in [0, 0.1) is 13.8 Å². The van der Waals surface area contributed by atoms with Crippen LogP contribution in [0.1, 0.15) is 34.6 Å². The number of hydrogen-bond acceptors (Lipinski definition) is 5. The third-order valence-electron chi connectivity index (χ3n) is 5.51. The third kappa shape index (κ3) is 3.75. The zero-order valence-corrected chi connectivity index (χ0v) is 16.2. The van der Waals surface area contributed by atoms with Crippen molar-refractivity contribution in [3.63, 3.8) is 0 Å². The second-order valence-corrected chi connectivity index (χ2v) is 7.42. The molecule has 1 amide bonds. The van der Waals surface area contributed by atoms with Gasteiger partial charge in [-0.05, 0) is 38.3 Å². The molecule has 142 valence electrons. The molecule has 6 nitrogen and oxygen atoms in total. The second kappa shape index (κ2) is 7.55. The number of amides is 1. The minimum Gasteiger partial charge on any atom is -0.356 e. The zero-order chi connectivity index (χ0) is 18.8. The van der Waals surface area contributed by atoms with Crippen LogP contribution in [0.2, 0.25) is 0 Å². The molecule has 6 heteroatoms. The number of aromatic nitrogens is 2. The maximum atomic E-state index is 12.8. The van der Waals surface area contributed by atoms with E-state index in [4.69, 9.17) is 0 Å². The summed E-state index contributed by atoms with van der Waals surface area (Å²) in [6, 6.07) is 9.92. The summed E-state index contributed by atoms with van der Waals surface area (Å²) in [5.41, 5.74) is 1.84. The van der Waals surface area contributed by atoms with Gasteiger partial charge >= 0.3 is 0 Å². The molecule has 0 N–H and O–H groups in total. The van der Waals surface area contributed by atoms with Crippen LogP contribution < -0.4 is 9.80 Å². The van der Waals surface area contributed by atoms with Crippen LogP contribution in [0.4, 0.5) is 11.6 Å². The lowest BCUT2D eigenvalue weighted by atomic mass is 10.1. The van der Waals surface area contributed by atoms with Crippen LogP contribution in [0.3, 0.4) is 0 Å². The van der Waals surface area contributed by atoms with E-state index in [0.29, 0.717) is 0 Å². The van der Waals surface area contributed by atoms with Crippen molar-refractivity contribution in [2.45, 2.75) is 26.7 Å². The Morgan fingerprint density at radius 2 is 1.44 bits per heavy atom. The first-order chi connectivity index (χ1) is 13.1. The van der Waals surface area contributed by atoms with Crippen molar-refractivity contribution < 1.29 is 4.79 Å². The molecule has 27 heavy (non-hydrogen) atoms. The van der Waals surface area contributed by atoms with E-state index in [-0.39, 0.29) is 5.91 Å². The van der Waals surface area contributed by atoms with Crippen molar-refractivity contribution in [2.24, 2.45) is 0 Å². The van der Waals surface area contributed by atoms with Gasteiger partial charge in [-0.15, -0.1) is 0 Å². The van der Waals surface area contributed by atoms with Crippen LogP contribution in [0.5, 0.6) is 0 Å². The molecule has 0 aliphatic carbocycles. The molecule has 2 aliphatic heterocycles. The van der Waals surface area contributed by atoms with Gasteiger partial charge in [0, 0.05) is 50.9 Å². The van der Waals surface area contributed by atoms with Gasteiger partial charge in [-0.1, -0.05) is 18.2 Å². The maximum absolute atomic E-state index is 12.8. The summed E-state index contributed by atoms with van der Waals surface area (Å²) in [6.07, 6.45) is 2.47. The van der Waals surface area contributed by atoms with E-state index in [1.54, 1.807) is 0 Å². The van der Waals surface area contributed by atoms with E-state index < -0.39 is 0 Å². The van der Waals surface area contributed by atoms with Gasteiger partial charge < -0.3 is 14.7 Å². The molecule has 4 rings (SSSR count). The molecule has 2 aromatic rings. The molecule has 2 aliphatic rings. The molecule has 0 bridgehead atoms. The molecule has 0 radical (unpaired) electrons. The lowest BCUT2D eigenvalue weighted by Gasteiger charge is -2.36. The quantitative estimate of drug-likeness (QED) is 0.837. The molecular weight excluding hydrogens is 338 g/mol. The van der Waals surface area contributed by atoms with Gasteiger partial charge in [0.25, 0.3) is 5.91 Å². The lowest BCUT2D eigenvalue weighted by molar-refractivity contribution is 0.0745. The first-order valence-electron chi connectivity index (χ1n) is 9.82. The van der Waals surface area contributed by atoms with Gasteiger partial charge in [0.2, 0.25) is 0 Å². The predicted octanol–water partition coefficient (Wildman–Crippen LogP) is 2.66. The molecule has 3 heterocycles. The van der Waals surface area contributed by atoms with E-state index in [1.807, 2.05) is 43.0 Å². The van der Waals surface area contributed by atoms with Crippen molar-refractivity contribution in [3.05, 3.63) is 47.3 Å². The number of nitrogens with zero attached hydrogens (tertiary/aromatic N) is 5. The summed E-state index contributed by atoms with van der Waals surface area (Å²) in [7, 11) is 0. The van der Waals surface area contributed by atoms with E-state index in [0.717, 1.165) is 67.9 Å². The number of carbonyl (C=O) groups excluding carboxylic acids is 1. The summed E-state index contributed by atoms with van der Waals surface area (Å²) < 4.78 is 0. The van der Waals surface area contributed by atoms with Crippen molar-refractivity contribution in [1.82, 2.24) is 14.9 Å². The average Bonchev–Trinajstić information content (AvgIpc) is 3.22. The van der Waals surface area contributed by atoms with Gasteiger partial charge in [-0.3, -0.25) is 4.79 Å². The summed E-state index contributed by atoms with van der Waals surface area (Å²) in [5.74, 6) is 2.96. The zero-order valence-electron chi connectivity index (χ0n) is 16.2. The van der Waals surface area contributed by atoms with E-state index in [2.05, 4.69) is 25.8 Å². The molecule has 0 atom stereocenters. The normalized spacial score (nSPS) is 17.5. The molecule has 2 fully saturated rings. The van der Waals surface area contributed by atoms with Crippen LogP contribution in [0.15, 0.2) is 30.3 Å². The number of anilines is 2. The minimum atomic E-state index is 0.129. The molecule has 0 spiro atoms. The number of hydrogen-bond donors (Lipinski definition) is 0. The molecule has 0 unspecified atom stereocenters. The first-order valence-corrected chi connectivity index (χ1v) is 9.82. The standard InChI is InChI=1S/C21H27N5O/c1-16-7-3-4-8-18(16)21(27)26-13-11-25(12-14-26)20-15-19(22-17(2)23-20)24-9-5-6-10-24/h3-4,7-8,15H,5-6,9-14H2,1-2H3. The molecular formula is C21H27N5O. The highest BCUT2D eigenvalue weighted by molar-refractivity contribution is 5.95. The highest BCUT2D eigenvalue weighted by Gasteiger charge is 2.25. The van der Waals surface area contributed by atoms with Gasteiger partial charge in [0.15, 0.2) is 0 Å². The van der Waals surface area contributed by atoms with Crippen LogP contribution in [-0.2, 0) is 0 Å². The summed E-state index contributed by atoms with van der Waals surface area (Å²) >= 11 is 0. The Balaban J connectivity index is 1.45. The van der Waals surface area contributed by atoms with Gasteiger partial charge in [-0.25, -0.2) is 9.97 Å². The molecule has 0 saturated carbocycles. The monoisotopic (exact) mass is 365 g/mol.